The molecule has 11 heavy (non-hydrogen) atoms. The van der Waals surface area contributed by atoms with Crippen LogP contribution < -0.4 is 0 Å². The summed E-state index contributed by atoms with van der Waals surface area (Å²) in [6.07, 6.45) is 1.22. The lowest BCUT2D eigenvalue weighted by atomic mass is 10.6. The molecular weight excluding hydrogens is 156 g/mol. The van der Waals surface area contributed by atoms with Gasteiger partial charge in [0.05, 0.1) is 0 Å². The maximum atomic E-state index is 10.8. The highest BCUT2D eigenvalue weighted by atomic mass is 28.4. The predicted octanol–water partition coefficient (Wildman–Crippen LogP) is 2.33. The van der Waals surface area contributed by atoms with Crippen molar-refractivity contribution in [2.75, 3.05) is 0 Å². The molecule has 0 amide bonds. The van der Waals surface area contributed by atoms with Crippen molar-refractivity contribution in [1.29, 1.82) is 0 Å². The maximum Gasteiger partial charge on any atom is 0.316 e. The Labute approximate surface area is 69.4 Å². The van der Waals surface area contributed by atoms with E-state index in [-0.39, 0.29) is 5.97 Å². The van der Waals surface area contributed by atoms with Gasteiger partial charge in [-0.1, -0.05) is 20.4 Å². The standard InChI is InChI=1S/C8H16O2Si/c1-6-8(9)10-11(4,5)7(2)3/h6-7H,1H2,2-5H3. The maximum absolute atomic E-state index is 10.8. The highest BCUT2D eigenvalue weighted by Crippen LogP contribution is 2.21. The van der Waals surface area contributed by atoms with Crippen molar-refractivity contribution >= 4 is 14.3 Å². The van der Waals surface area contributed by atoms with Crippen LogP contribution in [0, 0.1) is 0 Å². The molecule has 0 rings (SSSR count). The van der Waals surface area contributed by atoms with Crippen LogP contribution in [0.2, 0.25) is 18.6 Å². The van der Waals surface area contributed by atoms with Gasteiger partial charge in [0.25, 0.3) is 8.32 Å². The van der Waals surface area contributed by atoms with E-state index >= 15 is 0 Å². The smallest absolute Gasteiger partial charge is 0.316 e. The lowest BCUT2D eigenvalue weighted by Crippen LogP contribution is -2.35. The van der Waals surface area contributed by atoms with Crippen LogP contribution >= 0.6 is 0 Å². The number of carbonyl (C=O) groups is 1. The Hall–Kier alpha value is -0.573. The van der Waals surface area contributed by atoms with Gasteiger partial charge in [-0.25, -0.2) is 4.79 Å². The molecule has 0 fully saturated rings. The number of hydrogen-bond donors (Lipinski definition) is 0. The van der Waals surface area contributed by atoms with E-state index in [1.807, 2.05) is 13.1 Å². The largest absolute Gasteiger partial charge is 0.516 e. The monoisotopic (exact) mass is 172 g/mol. The molecule has 0 aliphatic heterocycles. The van der Waals surface area contributed by atoms with Crippen LogP contribution in [0.1, 0.15) is 13.8 Å². The Balaban J connectivity index is 4.11. The van der Waals surface area contributed by atoms with Crippen LogP contribution in [0.5, 0.6) is 0 Å². The van der Waals surface area contributed by atoms with Gasteiger partial charge in [0.2, 0.25) is 0 Å². The summed E-state index contributed by atoms with van der Waals surface area (Å²) in [6.45, 7) is 11.5. The van der Waals surface area contributed by atoms with Gasteiger partial charge >= 0.3 is 5.97 Å². The van der Waals surface area contributed by atoms with Gasteiger partial charge in [0.1, 0.15) is 0 Å². The minimum atomic E-state index is -1.79. The molecule has 2 nitrogen and oxygen atoms in total. The Kier molecular flexibility index (Phi) is 3.52. The van der Waals surface area contributed by atoms with Gasteiger partial charge in [0.15, 0.2) is 0 Å². The summed E-state index contributed by atoms with van der Waals surface area (Å²) < 4.78 is 5.23. The second-order valence-corrected chi connectivity index (χ2v) is 7.95. The van der Waals surface area contributed by atoms with E-state index in [4.69, 9.17) is 4.43 Å². The molecule has 3 heteroatoms. The van der Waals surface area contributed by atoms with Crippen molar-refractivity contribution in [2.24, 2.45) is 0 Å². The first-order valence-electron chi connectivity index (χ1n) is 3.75. The van der Waals surface area contributed by atoms with E-state index in [2.05, 4.69) is 20.4 Å². The molecule has 0 radical (unpaired) electrons. The molecule has 0 spiro atoms. The fraction of sp³-hybridized carbons (Fsp3) is 0.625. The fourth-order valence-corrected chi connectivity index (χ4v) is 1.26. The van der Waals surface area contributed by atoms with Gasteiger partial charge in [-0.3, -0.25) is 0 Å². The summed E-state index contributed by atoms with van der Waals surface area (Å²) in [7, 11) is -1.79. The molecule has 0 saturated heterocycles. The number of rotatable bonds is 3. The van der Waals surface area contributed by atoms with Crippen molar-refractivity contribution < 1.29 is 9.22 Å². The lowest BCUT2D eigenvalue weighted by Gasteiger charge is -2.25. The molecule has 64 valence electrons. The van der Waals surface area contributed by atoms with Crippen molar-refractivity contribution in [2.45, 2.75) is 32.5 Å². The summed E-state index contributed by atoms with van der Waals surface area (Å²) in [5.74, 6) is -0.296. The molecule has 0 aromatic heterocycles. The van der Waals surface area contributed by atoms with Gasteiger partial charge in [-0.15, -0.1) is 0 Å². The molecule has 0 unspecified atom stereocenters. The van der Waals surface area contributed by atoms with Crippen molar-refractivity contribution in [1.82, 2.24) is 0 Å². The molecule has 0 aliphatic carbocycles. The fourth-order valence-electron chi connectivity index (χ4n) is 0.419. The van der Waals surface area contributed by atoms with E-state index in [9.17, 15) is 4.79 Å². The van der Waals surface area contributed by atoms with Gasteiger partial charge < -0.3 is 4.43 Å². The minimum absolute atomic E-state index is 0.296. The summed E-state index contributed by atoms with van der Waals surface area (Å²) in [6, 6.07) is 0. The van der Waals surface area contributed by atoms with E-state index in [1.54, 1.807) is 0 Å². The first-order valence-corrected chi connectivity index (χ1v) is 6.74. The van der Waals surface area contributed by atoms with E-state index in [1.165, 1.54) is 6.08 Å². The first-order chi connectivity index (χ1) is 4.90. The summed E-state index contributed by atoms with van der Waals surface area (Å²) in [4.78, 5) is 10.8. The normalized spacial score (nSPS) is 11.4. The lowest BCUT2D eigenvalue weighted by molar-refractivity contribution is -0.129. The van der Waals surface area contributed by atoms with Crippen LogP contribution in [-0.2, 0) is 9.22 Å². The second kappa shape index (κ2) is 3.71. The minimum Gasteiger partial charge on any atom is -0.516 e. The third-order valence-electron chi connectivity index (χ3n) is 1.92. The van der Waals surface area contributed by atoms with Crippen LogP contribution in [0.25, 0.3) is 0 Å². The van der Waals surface area contributed by atoms with E-state index in [0.29, 0.717) is 5.54 Å². The van der Waals surface area contributed by atoms with Crippen molar-refractivity contribution in [3.8, 4) is 0 Å². The van der Waals surface area contributed by atoms with Gasteiger partial charge in [-0.2, -0.15) is 0 Å². The van der Waals surface area contributed by atoms with Crippen LogP contribution in [-0.4, -0.2) is 14.3 Å². The van der Waals surface area contributed by atoms with Gasteiger partial charge in [0, 0.05) is 6.08 Å². The number of hydrogen-bond acceptors (Lipinski definition) is 2. The van der Waals surface area contributed by atoms with E-state index < -0.39 is 8.32 Å². The molecule has 0 aromatic carbocycles. The molecular formula is C8H16O2Si. The second-order valence-electron chi connectivity index (χ2n) is 3.38. The Morgan fingerprint density at radius 2 is 2.00 bits per heavy atom. The summed E-state index contributed by atoms with van der Waals surface area (Å²) in [5.41, 5.74) is 0.450. The summed E-state index contributed by atoms with van der Waals surface area (Å²) >= 11 is 0. The van der Waals surface area contributed by atoms with Crippen LogP contribution in [0.15, 0.2) is 12.7 Å². The zero-order chi connectivity index (χ0) is 9.07. The Morgan fingerprint density at radius 1 is 1.55 bits per heavy atom. The zero-order valence-electron chi connectivity index (χ0n) is 7.68. The molecule has 0 heterocycles. The number of carbonyl (C=O) groups excluding carboxylic acids is 1. The average molecular weight is 172 g/mol. The highest BCUT2D eigenvalue weighted by Gasteiger charge is 2.29. The first kappa shape index (κ1) is 10.4. The van der Waals surface area contributed by atoms with Crippen molar-refractivity contribution in [3.05, 3.63) is 12.7 Å². The molecule has 0 bridgehead atoms. The molecule has 0 aromatic rings. The third-order valence-corrected chi connectivity index (χ3v) is 5.43. The Morgan fingerprint density at radius 3 is 2.27 bits per heavy atom. The molecule has 0 atom stereocenters. The van der Waals surface area contributed by atoms with Crippen LogP contribution in [0.4, 0.5) is 0 Å². The zero-order valence-corrected chi connectivity index (χ0v) is 8.68. The molecule has 0 N–H and O–H groups in total. The van der Waals surface area contributed by atoms with Gasteiger partial charge in [-0.05, 0) is 18.6 Å². The van der Waals surface area contributed by atoms with Crippen molar-refractivity contribution in [3.63, 3.8) is 0 Å². The Bertz CT molecular complexity index is 161. The topological polar surface area (TPSA) is 26.3 Å². The van der Waals surface area contributed by atoms with Crippen LogP contribution in [0.3, 0.4) is 0 Å². The molecule has 0 saturated carbocycles. The average Bonchev–Trinajstić information content (AvgIpc) is 1.86. The predicted molar refractivity (Wildman–Crippen MR) is 48.9 cm³/mol. The van der Waals surface area contributed by atoms with E-state index in [0.717, 1.165) is 0 Å². The third kappa shape index (κ3) is 3.37. The summed E-state index contributed by atoms with van der Waals surface area (Å²) in [5, 5.41) is 0. The SMILES string of the molecule is C=CC(=O)O[Si](C)(C)C(C)C. The quantitative estimate of drug-likeness (QED) is 0.482. The molecule has 0 aliphatic rings. The highest BCUT2D eigenvalue weighted by molar-refractivity contribution is 6.74.